The van der Waals surface area contributed by atoms with Crippen LogP contribution in [0.25, 0.3) is 0 Å². The molecule has 1 saturated heterocycles. The van der Waals surface area contributed by atoms with Gasteiger partial charge in [0.25, 0.3) is 0 Å². The van der Waals surface area contributed by atoms with Crippen molar-refractivity contribution in [1.82, 2.24) is 0 Å². The van der Waals surface area contributed by atoms with E-state index in [1.54, 1.807) is 0 Å². The molecule has 1 atom stereocenters. The normalized spacial score (nSPS) is 31.3. The molecule has 1 fully saturated rings. The van der Waals surface area contributed by atoms with Crippen molar-refractivity contribution in [3.8, 4) is 0 Å². The Morgan fingerprint density at radius 3 is 2.86 bits per heavy atom. The quantitative estimate of drug-likeness (QED) is 0.473. The van der Waals surface area contributed by atoms with E-state index >= 15 is 0 Å². The number of halogens is 1. The molecule has 42 valence electrons. The molecule has 1 aliphatic rings. The third-order valence-corrected chi connectivity index (χ3v) is 2.18. The first kappa shape index (κ1) is 5.82. The molecule has 1 heterocycles. The highest BCUT2D eigenvalue weighted by Crippen LogP contribution is 2.13. The molecule has 0 unspecified atom stereocenters. The second-order valence-electron chi connectivity index (χ2n) is 1.79. The van der Waals surface area contributed by atoms with Crippen molar-refractivity contribution >= 4 is 22.6 Å². The predicted molar refractivity (Wildman–Crippen MR) is 37.9 cm³/mol. The Kier molecular flexibility index (Phi) is 2.38. The molecule has 0 aromatic heterocycles. The van der Waals surface area contributed by atoms with Crippen LogP contribution in [0.3, 0.4) is 0 Å². The molecule has 0 spiro atoms. The van der Waals surface area contributed by atoms with Crippen LogP contribution in [0, 0.1) is 0 Å². The maximum Gasteiger partial charge on any atom is 0.0665 e. The fraction of sp³-hybridized carbons (Fsp3) is 1.00. The van der Waals surface area contributed by atoms with E-state index in [2.05, 4.69) is 22.6 Å². The number of alkyl halides is 1. The van der Waals surface area contributed by atoms with Gasteiger partial charge in [0.1, 0.15) is 0 Å². The molecule has 1 aliphatic heterocycles. The van der Waals surface area contributed by atoms with Crippen molar-refractivity contribution in [2.75, 3.05) is 11.0 Å². The second kappa shape index (κ2) is 2.87. The van der Waals surface area contributed by atoms with Gasteiger partial charge in [0.2, 0.25) is 0 Å². The van der Waals surface area contributed by atoms with E-state index < -0.39 is 0 Å². The number of hydrogen-bond acceptors (Lipinski definition) is 1. The zero-order valence-electron chi connectivity index (χ0n) is 4.19. The monoisotopic (exact) mass is 212 g/mol. The van der Waals surface area contributed by atoms with Crippen LogP contribution in [0.1, 0.15) is 12.8 Å². The summed E-state index contributed by atoms with van der Waals surface area (Å²) < 4.78 is 6.46. The van der Waals surface area contributed by atoms with Gasteiger partial charge in [-0.25, -0.2) is 0 Å². The first-order valence-electron chi connectivity index (χ1n) is 2.61. The summed E-state index contributed by atoms with van der Waals surface area (Å²) >= 11 is 2.36. The first-order chi connectivity index (χ1) is 3.43. The van der Waals surface area contributed by atoms with Gasteiger partial charge in [-0.3, -0.25) is 0 Å². The number of ether oxygens (including phenoxy) is 1. The molecule has 0 amide bonds. The number of rotatable bonds is 1. The van der Waals surface area contributed by atoms with Crippen LogP contribution >= 0.6 is 22.6 Å². The third kappa shape index (κ3) is 1.57. The molecule has 1 nitrogen and oxygen atoms in total. The van der Waals surface area contributed by atoms with Crippen LogP contribution in [0.2, 0.25) is 0 Å². The average molecular weight is 212 g/mol. The molecule has 1 rings (SSSR count). The van der Waals surface area contributed by atoms with E-state index in [0.29, 0.717) is 6.10 Å². The van der Waals surface area contributed by atoms with Crippen molar-refractivity contribution in [3.63, 3.8) is 0 Å². The Morgan fingerprint density at radius 2 is 2.57 bits per heavy atom. The van der Waals surface area contributed by atoms with E-state index in [-0.39, 0.29) is 0 Å². The molecular formula is C5H9IO. The first-order valence-corrected chi connectivity index (χ1v) is 4.13. The lowest BCUT2D eigenvalue weighted by atomic mass is 10.3. The molecule has 0 aliphatic carbocycles. The standard InChI is InChI=1S/C5H9IO/c6-4-5-2-1-3-7-5/h5H,1-4H2/t5-/m0/s1. The van der Waals surface area contributed by atoms with Gasteiger partial charge in [0.15, 0.2) is 0 Å². The Bertz CT molecular complexity index is 50.0. The molecule has 0 bridgehead atoms. The van der Waals surface area contributed by atoms with E-state index in [0.717, 1.165) is 11.0 Å². The Hall–Kier alpha value is 0.690. The van der Waals surface area contributed by atoms with Gasteiger partial charge in [-0.15, -0.1) is 0 Å². The Labute approximate surface area is 57.6 Å². The molecular weight excluding hydrogens is 203 g/mol. The lowest BCUT2D eigenvalue weighted by Gasteiger charge is -2.00. The summed E-state index contributed by atoms with van der Waals surface area (Å²) in [4.78, 5) is 0. The molecule has 0 aromatic rings. The lowest BCUT2D eigenvalue weighted by Crippen LogP contribution is -2.04. The van der Waals surface area contributed by atoms with E-state index in [4.69, 9.17) is 4.74 Å². The van der Waals surface area contributed by atoms with Gasteiger partial charge in [-0.2, -0.15) is 0 Å². The Balaban J connectivity index is 2.14. The third-order valence-electron chi connectivity index (χ3n) is 1.20. The Morgan fingerprint density at radius 1 is 1.71 bits per heavy atom. The average Bonchev–Trinajstić information content (AvgIpc) is 2.14. The molecule has 7 heavy (non-hydrogen) atoms. The topological polar surface area (TPSA) is 9.23 Å². The largest absolute Gasteiger partial charge is 0.377 e. The summed E-state index contributed by atoms with van der Waals surface area (Å²) in [5, 5.41) is 0. The van der Waals surface area contributed by atoms with Gasteiger partial charge >= 0.3 is 0 Å². The summed E-state index contributed by atoms with van der Waals surface area (Å²) in [5.74, 6) is 0. The van der Waals surface area contributed by atoms with Crippen LogP contribution in [0.15, 0.2) is 0 Å². The van der Waals surface area contributed by atoms with E-state index in [1.165, 1.54) is 12.8 Å². The minimum Gasteiger partial charge on any atom is -0.377 e. The second-order valence-corrected chi connectivity index (χ2v) is 2.67. The molecule has 0 aromatic carbocycles. The predicted octanol–water partition coefficient (Wildman–Crippen LogP) is 1.60. The summed E-state index contributed by atoms with van der Waals surface area (Å²) in [5.41, 5.74) is 0. The van der Waals surface area contributed by atoms with E-state index in [9.17, 15) is 0 Å². The van der Waals surface area contributed by atoms with Crippen LogP contribution in [-0.4, -0.2) is 17.1 Å². The van der Waals surface area contributed by atoms with Crippen LogP contribution in [0.5, 0.6) is 0 Å². The number of hydrogen-bond donors (Lipinski definition) is 0. The molecule has 2 heteroatoms. The highest BCUT2D eigenvalue weighted by Gasteiger charge is 2.12. The molecule has 0 saturated carbocycles. The summed E-state index contributed by atoms with van der Waals surface area (Å²) in [6.07, 6.45) is 3.14. The maximum atomic E-state index is 5.29. The van der Waals surface area contributed by atoms with Gasteiger partial charge in [-0.1, -0.05) is 22.6 Å². The SMILES string of the molecule is IC[C@@H]1CCCO1. The minimum atomic E-state index is 0.584. The summed E-state index contributed by atoms with van der Waals surface area (Å²) in [7, 11) is 0. The zero-order valence-corrected chi connectivity index (χ0v) is 6.35. The van der Waals surface area contributed by atoms with Crippen LogP contribution in [-0.2, 0) is 4.74 Å². The fourth-order valence-corrected chi connectivity index (χ4v) is 1.46. The highest BCUT2D eigenvalue weighted by molar-refractivity contribution is 14.1. The van der Waals surface area contributed by atoms with Crippen LogP contribution < -0.4 is 0 Å². The minimum absolute atomic E-state index is 0.584. The van der Waals surface area contributed by atoms with Gasteiger partial charge in [0.05, 0.1) is 6.10 Å². The summed E-state index contributed by atoms with van der Waals surface area (Å²) in [6, 6.07) is 0. The van der Waals surface area contributed by atoms with Crippen molar-refractivity contribution in [1.29, 1.82) is 0 Å². The smallest absolute Gasteiger partial charge is 0.0665 e. The van der Waals surface area contributed by atoms with Gasteiger partial charge in [-0.05, 0) is 12.8 Å². The molecule has 0 radical (unpaired) electrons. The lowest BCUT2D eigenvalue weighted by molar-refractivity contribution is 0.131. The van der Waals surface area contributed by atoms with Gasteiger partial charge < -0.3 is 4.74 Å². The van der Waals surface area contributed by atoms with Crippen molar-refractivity contribution in [3.05, 3.63) is 0 Å². The van der Waals surface area contributed by atoms with Crippen molar-refractivity contribution in [2.24, 2.45) is 0 Å². The highest BCUT2D eigenvalue weighted by atomic mass is 127. The van der Waals surface area contributed by atoms with E-state index in [1.807, 2.05) is 0 Å². The van der Waals surface area contributed by atoms with Crippen molar-refractivity contribution in [2.45, 2.75) is 18.9 Å². The summed E-state index contributed by atoms with van der Waals surface area (Å²) in [6.45, 7) is 0.994. The zero-order chi connectivity index (χ0) is 5.11. The van der Waals surface area contributed by atoms with Gasteiger partial charge in [0, 0.05) is 11.0 Å². The maximum absolute atomic E-state index is 5.29. The fourth-order valence-electron chi connectivity index (χ4n) is 0.766. The molecule has 0 N–H and O–H groups in total. The van der Waals surface area contributed by atoms with Crippen molar-refractivity contribution < 1.29 is 4.74 Å². The van der Waals surface area contributed by atoms with Crippen LogP contribution in [0.4, 0.5) is 0 Å².